The number of rotatable bonds is 3. The Hall–Kier alpha value is -1.45. The third-order valence-electron chi connectivity index (χ3n) is 2.49. The fourth-order valence-corrected chi connectivity index (χ4v) is 1.50. The fourth-order valence-electron chi connectivity index (χ4n) is 1.50. The van der Waals surface area contributed by atoms with Crippen molar-refractivity contribution in [3.05, 3.63) is 40.5 Å². The minimum absolute atomic E-state index is 0.147. The van der Waals surface area contributed by atoms with Crippen LogP contribution in [0.2, 0.25) is 0 Å². The summed E-state index contributed by atoms with van der Waals surface area (Å²) < 4.78 is 5.26. The predicted molar refractivity (Wildman–Crippen MR) is 62.3 cm³/mol. The third kappa shape index (κ3) is 1.98. The Morgan fingerprint density at radius 3 is 2.67 bits per heavy atom. The summed E-state index contributed by atoms with van der Waals surface area (Å²) in [6.45, 7) is 9.27. The zero-order valence-electron chi connectivity index (χ0n) is 9.26. The van der Waals surface area contributed by atoms with E-state index in [0.717, 1.165) is 0 Å². The van der Waals surface area contributed by atoms with E-state index in [9.17, 15) is 4.79 Å². The first kappa shape index (κ1) is 11.6. The second kappa shape index (κ2) is 3.97. The molecule has 0 fully saturated rings. The molecule has 1 heterocycles. The Morgan fingerprint density at radius 1 is 1.60 bits per heavy atom. The van der Waals surface area contributed by atoms with Gasteiger partial charge in [0.1, 0.15) is 17.7 Å². The van der Waals surface area contributed by atoms with Crippen LogP contribution in [-0.2, 0) is 5.41 Å². The van der Waals surface area contributed by atoms with Crippen molar-refractivity contribution in [2.24, 2.45) is 0 Å². The summed E-state index contributed by atoms with van der Waals surface area (Å²) in [5, 5.41) is 2.32. The second-order valence-corrected chi connectivity index (χ2v) is 3.98. The molecular weight excluding hydrogens is 189 g/mol. The molecule has 1 aromatic heterocycles. The summed E-state index contributed by atoms with van der Waals surface area (Å²) in [5.74, 6) is 0.587. The maximum Gasteiger partial charge on any atom is 0.223 e. The van der Waals surface area contributed by atoms with Gasteiger partial charge in [-0.15, -0.1) is 6.58 Å². The van der Waals surface area contributed by atoms with E-state index < -0.39 is 5.41 Å². The maximum atomic E-state index is 12.0. The minimum atomic E-state index is -0.433. The highest BCUT2D eigenvalue weighted by Crippen LogP contribution is 2.25. The van der Waals surface area contributed by atoms with Gasteiger partial charge in [0.15, 0.2) is 0 Å². The molecule has 0 saturated carbocycles. The Bertz CT molecular complexity index is 435. The standard InChI is InChI=1S/C11H14BNO2/c1-5-11(3,4)9-7(2)15-6-8(13-12)10(9)14/h5-6,13H,1H2,2-4H3. The summed E-state index contributed by atoms with van der Waals surface area (Å²) in [4.78, 5) is 12.0. The van der Waals surface area contributed by atoms with Crippen molar-refractivity contribution in [2.45, 2.75) is 26.2 Å². The molecule has 0 atom stereocenters. The molecule has 0 aromatic carbocycles. The number of aryl methyl sites for hydroxylation is 1. The molecule has 1 aromatic rings. The molecule has 0 bridgehead atoms. The minimum Gasteiger partial charge on any atom is -0.467 e. The molecule has 0 aliphatic rings. The van der Waals surface area contributed by atoms with Gasteiger partial charge in [0.25, 0.3) is 0 Å². The number of hydrogen-bond acceptors (Lipinski definition) is 3. The second-order valence-electron chi connectivity index (χ2n) is 3.98. The van der Waals surface area contributed by atoms with E-state index in [4.69, 9.17) is 12.4 Å². The largest absolute Gasteiger partial charge is 0.467 e. The van der Waals surface area contributed by atoms with Crippen molar-refractivity contribution in [1.29, 1.82) is 0 Å². The van der Waals surface area contributed by atoms with Crippen molar-refractivity contribution in [3.8, 4) is 0 Å². The number of nitrogens with one attached hydrogen (secondary N) is 1. The predicted octanol–water partition coefficient (Wildman–Crippen LogP) is 1.91. The molecule has 3 nitrogen and oxygen atoms in total. The molecule has 4 heteroatoms. The van der Waals surface area contributed by atoms with E-state index in [1.165, 1.54) is 6.26 Å². The van der Waals surface area contributed by atoms with Gasteiger partial charge in [0.2, 0.25) is 13.4 Å². The molecule has 0 saturated heterocycles. The van der Waals surface area contributed by atoms with E-state index in [0.29, 0.717) is 11.3 Å². The molecule has 1 N–H and O–H groups in total. The summed E-state index contributed by atoms with van der Waals surface area (Å²) in [6.07, 6.45) is 3.03. The lowest BCUT2D eigenvalue weighted by atomic mass is 9.84. The van der Waals surface area contributed by atoms with Crippen LogP contribution in [0, 0.1) is 6.92 Å². The van der Waals surface area contributed by atoms with Crippen molar-refractivity contribution in [1.82, 2.24) is 0 Å². The summed E-state index contributed by atoms with van der Waals surface area (Å²) in [5.41, 5.74) is 0.252. The van der Waals surface area contributed by atoms with E-state index in [-0.39, 0.29) is 11.1 Å². The van der Waals surface area contributed by atoms with Crippen LogP contribution in [0.25, 0.3) is 0 Å². The van der Waals surface area contributed by atoms with Crippen molar-refractivity contribution in [3.63, 3.8) is 0 Å². The monoisotopic (exact) mass is 203 g/mol. The Labute approximate surface area is 90.6 Å². The van der Waals surface area contributed by atoms with E-state index >= 15 is 0 Å². The topological polar surface area (TPSA) is 42.2 Å². The number of allylic oxidation sites excluding steroid dienone is 1. The molecule has 1 rings (SSSR count). The van der Waals surface area contributed by atoms with Gasteiger partial charge in [-0.1, -0.05) is 19.9 Å². The molecule has 2 radical (unpaired) electrons. The normalized spacial score (nSPS) is 11.1. The lowest BCUT2D eigenvalue weighted by Crippen LogP contribution is -2.26. The van der Waals surface area contributed by atoms with Gasteiger partial charge in [-0.3, -0.25) is 4.79 Å². The van der Waals surface area contributed by atoms with Crippen LogP contribution >= 0.6 is 0 Å². The highest BCUT2D eigenvalue weighted by atomic mass is 16.3. The van der Waals surface area contributed by atoms with Crippen LogP contribution in [0.5, 0.6) is 0 Å². The SMILES string of the molecule is [B]Nc1coc(C)c(C(C)(C)C=C)c1=O. The van der Waals surface area contributed by atoms with Gasteiger partial charge < -0.3 is 9.64 Å². The van der Waals surface area contributed by atoms with Gasteiger partial charge >= 0.3 is 0 Å². The van der Waals surface area contributed by atoms with Crippen LogP contribution in [0.3, 0.4) is 0 Å². The lowest BCUT2D eigenvalue weighted by molar-refractivity contribution is 0.488. The van der Waals surface area contributed by atoms with Gasteiger partial charge in [0.05, 0.1) is 0 Å². The molecule has 0 aliphatic heterocycles. The lowest BCUT2D eigenvalue weighted by Gasteiger charge is -2.21. The van der Waals surface area contributed by atoms with Crippen LogP contribution in [0.4, 0.5) is 5.69 Å². The average Bonchev–Trinajstić information content (AvgIpc) is 2.18. The first-order chi connectivity index (χ1) is 6.94. The van der Waals surface area contributed by atoms with Crippen molar-refractivity contribution >= 4 is 13.7 Å². The first-order valence-electron chi connectivity index (χ1n) is 4.67. The van der Waals surface area contributed by atoms with Crippen molar-refractivity contribution in [2.75, 3.05) is 5.23 Å². The van der Waals surface area contributed by atoms with Gasteiger partial charge in [-0.25, -0.2) is 0 Å². The summed E-state index contributed by atoms with van der Waals surface area (Å²) in [7, 11) is 5.22. The smallest absolute Gasteiger partial charge is 0.223 e. The highest BCUT2D eigenvalue weighted by molar-refractivity contribution is 6.15. The van der Waals surface area contributed by atoms with Crippen molar-refractivity contribution < 1.29 is 4.42 Å². The number of anilines is 1. The summed E-state index contributed by atoms with van der Waals surface area (Å²) >= 11 is 0. The zero-order valence-corrected chi connectivity index (χ0v) is 9.26. The number of hydrogen-bond donors (Lipinski definition) is 1. The summed E-state index contributed by atoms with van der Waals surface area (Å²) in [6, 6.07) is 0. The molecule has 0 spiro atoms. The van der Waals surface area contributed by atoms with E-state index in [1.54, 1.807) is 13.0 Å². The van der Waals surface area contributed by atoms with Gasteiger partial charge in [-0.2, -0.15) is 0 Å². The molecule has 15 heavy (non-hydrogen) atoms. The first-order valence-corrected chi connectivity index (χ1v) is 4.67. The van der Waals surface area contributed by atoms with Crippen LogP contribution in [0.1, 0.15) is 25.2 Å². The fraction of sp³-hybridized carbons (Fsp3) is 0.364. The Balaban J connectivity index is 3.53. The molecular formula is C11H14BNO2. The quantitative estimate of drug-likeness (QED) is 0.602. The van der Waals surface area contributed by atoms with Gasteiger partial charge in [-0.05, 0) is 6.92 Å². The van der Waals surface area contributed by atoms with Gasteiger partial charge in [0, 0.05) is 11.0 Å². The van der Waals surface area contributed by atoms with Crippen LogP contribution < -0.4 is 10.7 Å². The van der Waals surface area contributed by atoms with E-state index in [1.807, 2.05) is 13.8 Å². The van der Waals surface area contributed by atoms with Crippen LogP contribution in [-0.4, -0.2) is 7.98 Å². The molecule has 0 unspecified atom stereocenters. The van der Waals surface area contributed by atoms with Crippen LogP contribution in [0.15, 0.2) is 28.1 Å². The molecule has 0 aliphatic carbocycles. The molecule has 0 amide bonds. The van der Waals surface area contributed by atoms with E-state index in [2.05, 4.69) is 11.8 Å². The Morgan fingerprint density at radius 2 is 2.20 bits per heavy atom. The zero-order chi connectivity index (χ0) is 11.6. The Kier molecular flexibility index (Phi) is 3.08. The maximum absolute atomic E-state index is 12.0. The highest BCUT2D eigenvalue weighted by Gasteiger charge is 2.24. The molecule has 78 valence electrons. The third-order valence-corrected chi connectivity index (χ3v) is 2.49. The average molecular weight is 203 g/mol.